The Labute approximate surface area is 174 Å². The highest BCUT2D eigenvalue weighted by Crippen LogP contribution is 2.34. The SMILES string of the molecule is O=c1cc(CN2CCC(c3nc4ccccc4s3)CC2)nc2ccc(Br)cn12. The van der Waals surface area contributed by atoms with Gasteiger partial charge < -0.3 is 0 Å². The molecule has 0 N–H and O–H groups in total. The molecule has 0 bridgehead atoms. The minimum Gasteiger partial charge on any atom is -0.297 e. The first-order chi connectivity index (χ1) is 13.7. The van der Waals surface area contributed by atoms with Crippen molar-refractivity contribution in [3.05, 3.63) is 74.2 Å². The standard InChI is InChI=1S/C21H19BrN4OS/c22-15-5-6-19-23-16(11-20(27)26(19)12-15)13-25-9-7-14(8-10-25)21-24-17-3-1-2-4-18(17)28-21/h1-6,11-12,14H,7-10,13H2. The largest absolute Gasteiger partial charge is 0.297 e. The molecule has 0 unspecified atom stereocenters. The van der Waals surface area contributed by atoms with Gasteiger partial charge >= 0.3 is 0 Å². The van der Waals surface area contributed by atoms with Crippen LogP contribution in [0.4, 0.5) is 0 Å². The number of benzene rings is 1. The quantitative estimate of drug-likeness (QED) is 0.458. The van der Waals surface area contributed by atoms with Crippen LogP contribution in [-0.2, 0) is 6.54 Å². The second-order valence-electron chi connectivity index (χ2n) is 7.23. The number of nitrogens with zero attached hydrogens (tertiary/aromatic N) is 4. The van der Waals surface area contributed by atoms with Gasteiger partial charge in [0.2, 0.25) is 0 Å². The molecule has 1 aliphatic rings. The van der Waals surface area contributed by atoms with E-state index in [0.29, 0.717) is 18.1 Å². The summed E-state index contributed by atoms with van der Waals surface area (Å²) < 4.78 is 3.72. The molecule has 28 heavy (non-hydrogen) atoms. The molecule has 0 radical (unpaired) electrons. The number of para-hydroxylation sites is 1. The van der Waals surface area contributed by atoms with Crippen LogP contribution in [-0.4, -0.2) is 32.4 Å². The maximum Gasteiger partial charge on any atom is 0.258 e. The third-order valence-electron chi connectivity index (χ3n) is 5.31. The van der Waals surface area contributed by atoms with E-state index in [0.717, 1.165) is 41.6 Å². The number of rotatable bonds is 3. The van der Waals surface area contributed by atoms with Crippen LogP contribution in [0.5, 0.6) is 0 Å². The van der Waals surface area contributed by atoms with Crippen LogP contribution in [0, 0.1) is 0 Å². The Kier molecular flexibility index (Phi) is 4.74. The molecule has 0 saturated carbocycles. The second kappa shape index (κ2) is 7.39. The van der Waals surface area contributed by atoms with Gasteiger partial charge in [-0.15, -0.1) is 11.3 Å². The number of hydrogen-bond donors (Lipinski definition) is 0. The van der Waals surface area contributed by atoms with Crippen LogP contribution in [0.2, 0.25) is 0 Å². The molecule has 0 aliphatic carbocycles. The van der Waals surface area contributed by atoms with Crippen LogP contribution >= 0.6 is 27.3 Å². The van der Waals surface area contributed by atoms with Crippen LogP contribution in [0.1, 0.15) is 29.5 Å². The number of pyridine rings is 1. The van der Waals surface area contributed by atoms with Gasteiger partial charge in [-0.05, 0) is 66.1 Å². The molecular weight excluding hydrogens is 436 g/mol. The van der Waals surface area contributed by atoms with E-state index in [1.165, 1.54) is 9.71 Å². The molecule has 0 atom stereocenters. The Hall–Kier alpha value is -2.09. The molecule has 0 amide bonds. The number of aromatic nitrogens is 3. The fourth-order valence-corrected chi connectivity index (χ4v) is 5.31. The minimum absolute atomic E-state index is 0.0364. The maximum absolute atomic E-state index is 12.4. The summed E-state index contributed by atoms with van der Waals surface area (Å²) in [6.45, 7) is 2.72. The highest BCUT2D eigenvalue weighted by molar-refractivity contribution is 9.10. The molecule has 4 heterocycles. The van der Waals surface area contributed by atoms with E-state index < -0.39 is 0 Å². The fourth-order valence-electron chi connectivity index (χ4n) is 3.84. The van der Waals surface area contributed by atoms with Gasteiger partial charge in [-0.2, -0.15) is 0 Å². The number of piperidine rings is 1. The lowest BCUT2D eigenvalue weighted by molar-refractivity contribution is 0.202. The zero-order valence-corrected chi connectivity index (χ0v) is 17.6. The van der Waals surface area contributed by atoms with Crippen molar-refractivity contribution < 1.29 is 0 Å². The van der Waals surface area contributed by atoms with Gasteiger partial charge in [-0.3, -0.25) is 14.1 Å². The zero-order chi connectivity index (χ0) is 19.1. The Morgan fingerprint density at radius 2 is 1.93 bits per heavy atom. The summed E-state index contributed by atoms with van der Waals surface area (Å²) in [5.74, 6) is 0.529. The number of fused-ring (bicyclic) bond motifs is 2. The molecule has 1 saturated heterocycles. The molecule has 0 spiro atoms. The van der Waals surface area contributed by atoms with Crippen molar-refractivity contribution in [2.45, 2.75) is 25.3 Å². The molecule has 5 rings (SSSR count). The van der Waals surface area contributed by atoms with Crippen LogP contribution in [0.25, 0.3) is 15.9 Å². The van der Waals surface area contributed by atoms with Gasteiger partial charge in [0.15, 0.2) is 0 Å². The summed E-state index contributed by atoms with van der Waals surface area (Å²) in [5, 5.41) is 1.26. The zero-order valence-electron chi connectivity index (χ0n) is 15.2. The average Bonchev–Trinajstić information content (AvgIpc) is 3.13. The topological polar surface area (TPSA) is 50.5 Å². The highest BCUT2D eigenvalue weighted by atomic mass is 79.9. The lowest BCUT2D eigenvalue weighted by atomic mass is 9.97. The first kappa shape index (κ1) is 18.0. The van der Waals surface area contributed by atoms with E-state index in [9.17, 15) is 4.79 Å². The van der Waals surface area contributed by atoms with Gasteiger partial charge in [0.05, 0.1) is 20.9 Å². The van der Waals surface area contributed by atoms with E-state index >= 15 is 0 Å². The van der Waals surface area contributed by atoms with E-state index in [1.807, 2.05) is 29.5 Å². The Morgan fingerprint density at radius 3 is 2.75 bits per heavy atom. The van der Waals surface area contributed by atoms with Gasteiger partial charge in [0.1, 0.15) is 5.65 Å². The maximum atomic E-state index is 12.4. The molecule has 3 aromatic heterocycles. The predicted molar refractivity (Wildman–Crippen MR) is 116 cm³/mol. The molecule has 1 aliphatic heterocycles. The van der Waals surface area contributed by atoms with Crippen LogP contribution in [0.15, 0.2) is 57.9 Å². The normalized spacial score (nSPS) is 16.2. The van der Waals surface area contributed by atoms with Gasteiger partial charge in [-0.25, -0.2) is 9.97 Å². The Balaban J connectivity index is 1.29. The van der Waals surface area contributed by atoms with Gasteiger partial charge in [-0.1, -0.05) is 12.1 Å². The molecule has 7 heteroatoms. The van der Waals surface area contributed by atoms with Crippen molar-refractivity contribution in [2.24, 2.45) is 0 Å². The molecule has 4 aromatic rings. The number of hydrogen-bond acceptors (Lipinski definition) is 5. The number of halogens is 1. The molecule has 1 fully saturated rings. The van der Waals surface area contributed by atoms with Crippen molar-refractivity contribution in [1.29, 1.82) is 0 Å². The summed E-state index contributed by atoms with van der Waals surface area (Å²) >= 11 is 5.22. The first-order valence-electron chi connectivity index (χ1n) is 9.41. The summed E-state index contributed by atoms with van der Waals surface area (Å²) in [4.78, 5) is 24.3. The molecule has 1 aromatic carbocycles. The smallest absolute Gasteiger partial charge is 0.258 e. The van der Waals surface area contributed by atoms with E-state index in [1.54, 1.807) is 16.7 Å². The Morgan fingerprint density at radius 1 is 1.11 bits per heavy atom. The molecular formula is C21H19BrN4OS. The number of likely N-dealkylation sites (tertiary alicyclic amines) is 1. The van der Waals surface area contributed by atoms with Crippen LogP contribution < -0.4 is 5.56 Å². The molecule has 5 nitrogen and oxygen atoms in total. The van der Waals surface area contributed by atoms with Crippen molar-refractivity contribution in [1.82, 2.24) is 19.3 Å². The highest BCUT2D eigenvalue weighted by Gasteiger charge is 2.23. The van der Waals surface area contributed by atoms with Crippen molar-refractivity contribution in [2.75, 3.05) is 13.1 Å². The summed E-state index contributed by atoms with van der Waals surface area (Å²) in [6.07, 6.45) is 3.95. The summed E-state index contributed by atoms with van der Waals surface area (Å²) in [7, 11) is 0. The van der Waals surface area contributed by atoms with Crippen molar-refractivity contribution in [3.8, 4) is 0 Å². The van der Waals surface area contributed by atoms with E-state index in [4.69, 9.17) is 4.98 Å². The third-order valence-corrected chi connectivity index (χ3v) is 6.98. The lowest BCUT2D eigenvalue weighted by Gasteiger charge is -2.30. The predicted octanol–water partition coefficient (Wildman–Crippen LogP) is 4.45. The van der Waals surface area contributed by atoms with Crippen molar-refractivity contribution >= 4 is 43.1 Å². The molecule has 142 valence electrons. The summed E-state index contributed by atoms with van der Waals surface area (Å²) in [6, 6.07) is 13.8. The monoisotopic (exact) mass is 454 g/mol. The first-order valence-corrected chi connectivity index (χ1v) is 11.0. The van der Waals surface area contributed by atoms with Crippen LogP contribution in [0.3, 0.4) is 0 Å². The van der Waals surface area contributed by atoms with Gasteiger partial charge in [0.25, 0.3) is 5.56 Å². The Bertz CT molecular complexity index is 1180. The number of thiazole rings is 1. The minimum atomic E-state index is -0.0364. The van der Waals surface area contributed by atoms with Crippen molar-refractivity contribution in [3.63, 3.8) is 0 Å². The fraction of sp³-hybridized carbons (Fsp3) is 0.286. The van der Waals surface area contributed by atoms with E-state index in [2.05, 4.69) is 44.0 Å². The second-order valence-corrected chi connectivity index (χ2v) is 9.21. The van der Waals surface area contributed by atoms with Gasteiger partial charge in [0, 0.05) is 29.2 Å². The lowest BCUT2D eigenvalue weighted by Crippen LogP contribution is -2.33. The van der Waals surface area contributed by atoms with E-state index in [-0.39, 0.29) is 5.56 Å². The average molecular weight is 455 g/mol. The third kappa shape index (κ3) is 3.50. The summed E-state index contributed by atoms with van der Waals surface area (Å²) in [5.41, 5.74) is 2.60.